The Morgan fingerprint density at radius 2 is 2.21 bits per heavy atom. The van der Waals surface area contributed by atoms with Crippen LogP contribution >= 0.6 is 22.9 Å². The zero-order valence-corrected chi connectivity index (χ0v) is 11.7. The molecule has 1 amide bonds. The SMILES string of the molecule is O=C(NCCCO)c1cnc(-c2ccccc2Cl)s1. The van der Waals surface area contributed by atoms with E-state index in [0.717, 1.165) is 10.6 Å². The summed E-state index contributed by atoms with van der Waals surface area (Å²) in [5.41, 5.74) is 0.823. The van der Waals surface area contributed by atoms with Gasteiger partial charge >= 0.3 is 0 Å². The number of carbonyl (C=O) groups is 1. The lowest BCUT2D eigenvalue weighted by atomic mass is 10.2. The molecule has 1 heterocycles. The molecular weight excluding hydrogens is 284 g/mol. The maximum atomic E-state index is 11.8. The third-order valence-corrected chi connectivity index (χ3v) is 3.81. The number of aromatic nitrogens is 1. The van der Waals surface area contributed by atoms with Crippen LogP contribution in [0.25, 0.3) is 10.6 Å². The largest absolute Gasteiger partial charge is 0.396 e. The number of amides is 1. The number of aliphatic hydroxyl groups excluding tert-OH is 1. The number of halogens is 1. The van der Waals surface area contributed by atoms with Crippen molar-refractivity contribution in [3.8, 4) is 10.6 Å². The molecule has 0 aliphatic rings. The van der Waals surface area contributed by atoms with Crippen LogP contribution in [0.15, 0.2) is 30.5 Å². The molecule has 100 valence electrons. The monoisotopic (exact) mass is 296 g/mol. The number of carbonyl (C=O) groups excluding carboxylic acids is 1. The summed E-state index contributed by atoms with van der Waals surface area (Å²) >= 11 is 7.38. The van der Waals surface area contributed by atoms with Gasteiger partial charge in [-0.15, -0.1) is 11.3 Å². The second-order valence-electron chi connectivity index (χ2n) is 3.84. The smallest absolute Gasteiger partial charge is 0.263 e. The van der Waals surface area contributed by atoms with E-state index in [2.05, 4.69) is 10.3 Å². The Morgan fingerprint density at radius 1 is 1.42 bits per heavy atom. The average molecular weight is 297 g/mol. The number of rotatable bonds is 5. The van der Waals surface area contributed by atoms with Crippen molar-refractivity contribution in [1.29, 1.82) is 0 Å². The first kappa shape index (κ1) is 14.0. The minimum Gasteiger partial charge on any atom is -0.396 e. The predicted octanol–water partition coefficient (Wildman–Crippen LogP) is 2.58. The molecule has 0 aliphatic carbocycles. The van der Waals surface area contributed by atoms with Crippen molar-refractivity contribution < 1.29 is 9.90 Å². The molecule has 0 saturated heterocycles. The summed E-state index contributed by atoms with van der Waals surface area (Å²) < 4.78 is 0. The molecule has 0 fully saturated rings. The molecule has 1 aromatic carbocycles. The highest BCUT2D eigenvalue weighted by Gasteiger charge is 2.12. The molecule has 2 aromatic rings. The zero-order chi connectivity index (χ0) is 13.7. The molecule has 1 aromatic heterocycles. The number of benzene rings is 1. The Hall–Kier alpha value is -1.43. The van der Waals surface area contributed by atoms with Gasteiger partial charge in [-0.1, -0.05) is 29.8 Å². The van der Waals surface area contributed by atoms with Crippen molar-refractivity contribution >= 4 is 28.8 Å². The van der Waals surface area contributed by atoms with Gasteiger partial charge < -0.3 is 10.4 Å². The number of thiazole rings is 1. The molecule has 2 rings (SSSR count). The number of hydrogen-bond acceptors (Lipinski definition) is 4. The van der Waals surface area contributed by atoms with Crippen LogP contribution in [0.5, 0.6) is 0 Å². The molecule has 0 atom stereocenters. The molecule has 0 bridgehead atoms. The highest BCUT2D eigenvalue weighted by atomic mass is 35.5. The van der Waals surface area contributed by atoms with Gasteiger partial charge in [-0.2, -0.15) is 0 Å². The van der Waals surface area contributed by atoms with Crippen molar-refractivity contribution in [2.45, 2.75) is 6.42 Å². The van der Waals surface area contributed by atoms with Crippen molar-refractivity contribution in [2.24, 2.45) is 0 Å². The van der Waals surface area contributed by atoms with E-state index in [4.69, 9.17) is 16.7 Å². The minimum atomic E-state index is -0.177. The van der Waals surface area contributed by atoms with Gasteiger partial charge in [-0.25, -0.2) is 4.98 Å². The minimum absolute atomic E-state index is 0.0633. The number of aliphatic hydroxyl groups is 1. The molecule has 4 nitrogen and oxygen atoms in total. The van der Waals surface area contributed by atoms with Gasteiger partial charge in [-0.3, -0.25) is 4.79 Å². The van der Waals surface area contributed by atoms with Crippen molar-refractivity contribution in [3.63, 3.8) is 0 Å². The normalized spacial score (nSPS) is 10.4. The van der Waals surface area contributed by atoms with Gasteiger partial charge in [0.1, 0.15) is 9.88 Å². The molecule has 0 spiro atoms. The summed E-state index contributed by atoms with van der Waals surface area (Å²) in [6.45, 7) is 0.516. The lowest BCUT2D eigenvalue weighted by Gasteiger charge is -2.00. The van der Waals surface area contributed by atoms with Crippen molar-refractivity contribution in [1.82, 2.24) is 10.3 Å². The Labute approximate surface area is 120 Å². The van der Waals surface area contributed by atoms with Gasteiger partial charge in [0.2, 0.25) is 0 Å². The summed E-state index contributed by atoms with van der Waals surface area (Å²) in [5, 5.41) is 12.7. The molecule has 0 saturated carbocycles. The summed E-state index contributed by atoms with van der Waals surface area (Å²) in [4.78, 5) is 16.5. The average Bonchev–Trinajstić information content (AvgIpc) is 2.89. The lowest BCUT2D eigenvalue weighted by molar-refractivity contribution is 0.0955. The third-order valence-electron chi connectivity index (χ3n) is 2.45. The summed E-state index contributed by atoms with van der Waals surface area (Å²) in [7, 11) is 0. The maximum absolute atomic E-state index is 11.8. The highest BCUT2D eigenvalue weighted by Crippen LogP contribution is 2.30. The van der Waals surface area contributed by atoms with E-state index >= 15 is 0 Å². The molecule has 0 unspecified atom stereocenters. The number of nitrogens with one attached hydrogen (secondary N) is 1. The fourth-order valence-corrected chi connectivity index (χ4v) is 2.66. The molecule has 0 aliphatic heterocycles. The lowest BCUT2D eigenvalue weighted by Crippen LogP contribution is -2.24. The Kier molecular flexibility index (Phi) is 4.90. The second kappa shape index (κ2) is 6.65. The maximum Gasteiger partial charge on any atom is 0.263 e. The zero-order valence-electron chi connectivity index (χ0n) is 10.1. The van der Waals surface area contributed by atoms with Crippen LogP contribution in [0.4, 0.5) is 0 Å². The molecule has 6 heteroatoms. The molecular formula is C13H13ClN2O2S. The quantitative estimate of drug-likeness (QED) is 0.834. The van der Waals surface area contributed by atoms with Crippen LogP contribution in [-0.2, 0) is 0 Å². The summed E-state index contributed by atoms with van der Waals surface area (Å²) in [6.07, 6.45) is 2.08. The molecule has 19 heavy (non-hydrogen) atoms. The van der Waals surface area contributed by atoms with E-state index in [1.54, 1.807) is 6.07 Å². The Morgan fingerprint density at radius 3 is 2.95 bits per heavy atom. The fourth-order valence-electron chi connectivity index (χ4n) is 1.51. The van der Waals surface area contributed by atoms with Crippen LogP contribution in [0.3, 0.4) is 0 Å². The first-order valence-electron chi connectivity index (χ1n) is 5.82. The third kappa shape index (κ3) is 3.53. The second-order valence-corrected chi connectivity index (χ2v) is 5.28. The van der Waals surface area contributed by atoms with E-state index in [9.17, 15) is 4.79 Å². The molecule has 2 N–H and O–H groups in total. The predicted molar refractivity (Wildman–Crippen MR) is 76.6 cm³/mol. The van der Waals surface area contributed by atoms with E-state index in [1.165, 1.54) is 17.5 Å². The van der Waals surface area contributed by atoms with Gasteiger partial charge in [0, 0.05) is 18.7 Å². The highest BCUT2D eigenvalue weighted by molar-refractivity contribution is 7.17. The van der Waals surface area contributed by atoms with Crippen molar-refractivity contribution in [2.75, 3.05) is 13.2 Å². The van der Waals surface area contributed by atoms with Crippen LogP contribution in [-0.4, -0.2) is 29.1 Å². The van der Waals surface area contributed by atoms with Crippen LogP contribution in [0.1, 0.15) is 16.1 Å². The standard InChI is InChI=1S/C13H13ClN2O2S/c14-10-5-2-1-4-9(10)13-16-8-11(19-13)12(18)15-6-3-7-17/h1-2,4-5,8,17H,3,6-7H2,(H,15,18). The number of hydrogen-bond donors (Lipinski definition) is 2. The molecule has 0 radical (unpaired) electrons. The van der Waals surface area contributed by atoms with Gasteiger partial charge in [0.15, 0.2) is 0 Å². The van der Waals surface area contributed by atoms with Gasteiger partial charge in [0.05, 0.1) is 11.2 Å². The van der Waals surface area contributed by atoms with E-state index in [1.807, 2.05) is 18.2 Å². The Balaban J connectivity index is 2.11. The van der Waals surface area contributed by atoms with E-state index < -0.39 is 0 Å². The van der Waals surface area contributed by atoms with Crippen LogP contribution < -0.4 is 5.32 Å². The first-order chi connectivity index (χ1) is 9.22. The van der Waals surface area contributed by atoms with Gasteiger partial charge in [-0.05, 0) is 12.5 Å². The Bertz CT molecular complexity index is 571. The van der Waals surface area contributed by atoms with Gasteiger partial charge in [0.25, 0.3) is 5.91 Å². The van der Waals surface area contributed by atoms with E-state index in [0.29, 0.717) is 22.9 Å². The summed E-state index contributed by atoms with van der Waals surface area (Å²) in [5.74, 6) is -0.177. The van der Waals surface area contributed by atoms with Crippen LogP contribution in [0.2, 0.25) is 5.02 Å². The van der Waals surface area contributed by atoms with Crippen molar-refractivity contribution in [3.05, 3.63) is 40.4 Å². The van der Waals surface area contributed by atoms with Crippen LogP contribution in [0, 0.1) is 0 Å². The van der Waals surface area contributed by atoms with E-state index in [-0.39, 0.29) is 12.5 Å². The summed E-state index contributed by atoms with van der Waals surface area (Å²) in [6, 6.07) is 7.39. The first-order valence-corrected chi connectivity index (χ1v) is 7.01. The number of nitrogens with zero attached hydrogens (tertiary/aromatic N) is 1. The fraction of sp³-hybridized carbons (Fsp3) is 0.231. The topological polar surface area (TPSA) is 62.2 Å².